The molecule has 3 N–H and O–H groups in total. The average molecular weight is 274 g/mol. The highest BCUT2D eigenvalue weighted by molar-refractivity contribution is 5.94. The van der Waals surface area contributed by atoms with Gasteiger partial charge in [-0.1, -0.05) is 0 Å². The van der Waals surface area contributed by atoms with Gasteiger partial charge in [-0.2, -0.15) is 0 Å². The molecule has 7 heteroatoms. The maximum atomic E-state index is 11.4. The molecule has 0 radical (unpaired) electrons. The Balaban J connectivity index is 3.68. The Kier molecular flexibility index (Phi) is 9.42. The Bertz CT molecular complexity index is 306. The van der Waals surface area contributed by atoms with E-state index in [1.165, 1.54) is 0 Å². The molecule has 0 aromatic heterocycles. The Morgan fingerprint density at radius 2 is 1.84 bits per heavy atom. The van der Waals surface area contributed by atoms with E-state index in [9.17, 15) is 14.4 Å². The van der Waals surface area contributed by atoms with E-state index in [4.69, 9.17) is 9.84 Å². The molecule has 0 aromatic rings. The van der Waals surface area contributed by atoms with Crippen LogP contribution in [0.1, 0.15) is 39.0 Å². The first-order valence-electron chi connectivity index (χ1n) is 6.26. The number of urea groups is 1. The lowest BCUT2D eigenvalue weighted by Gasteiger charge is -2.13. The van der Waals surface area contributed by atoms with Crippen LogP contribution in [0.5, 0.6) is 0 Å². The topological polar surface area (TPSA) is 105 Å². The van der Waals surface area contributed by atoms with Gasteiger partial charge < -0.3 is 15.2 Å². The van der Waals surface area contributed by atoms with Gasteiger partial charge in [-0.15, -0.1) is 0 Å². The van der Waals surface area contributed by atoms with E-state index >= 15 is 0 Å². The van der Waals surface area contributed by atoms with Crippen LogP contribution < -0.4 is 10.6 Å². The first kappa shape index (κ1) is 17.4. The molecule has 19 heavy (non-hydrogen) atoms. The summed E-state index contributed by atoms with van der Waals surface area (Å²) in [4.78, 5) is 33.0. The third-order valence-electron chi connectivity index (χ3n) is 2.43. The normalized spacial score (nSPS) is 11.7. The molecule has 110 valence electrons. The Hall–Kier alpha value is -1.63. The summed E-state index contributed by atoms with van der Waals surface area (Å²) in [5.41, 5.74) is 0. The molecule has 0 saturated heterocycles. The first-order chi connectivity index (χ1) is 8.95. The predicted octanol–water partition coefficient (Wildman–Crippen LogP) is 0.882. The van der Waals surface area contributed by atoms with Crippen molar-refractivity contribution in [3.63, 3.8) is 0 Å². The summed E-state index contributed by atoms with van der Waals surface area (Å²) >= 11 is 0. The van der Waals surface area contributed by atoms with Gasteiger partial charge in [0.1, 0.15) is 0 Å². The smallest absolute Gasteiger partial charge is 0.321 e. The largest absolute Gasteiger partial charge is 0.481 e. The minimum Gasteiger partial charge on any atom is -0.481 e. The van der Waals surface area contributed by atoms with E-state index < -0.39 is 17.9 Å². The number of unbranched alkanes of at least 4 members (excludes halogenated alkanes) is 1. The minimum atomic E-state index is -0.884. The number of carbonyl (C=O) groups excluding carboxylic acids is 2. The van der Waals surface area contributed by atoms with Gasteiger partial charge in [0.15, 0.2) is 0 Å². The third kappa shape index (κ3) is 11.2. The minimum absolute atomic E-state index is 0.0352. The molecule has 7 nitrogen and oxygen atoms in total. The summed E-state index contributed by atoms with van der Waals surface area (Å²) in [6.07, 6.45) is 1.72. The molecule has 0 heterocycles. The molecule has 0 aliphatic rings. The molecule has 0 saturated carbocycles. The standard InChI is InChI=1S/C12H22N2O5/c1-9(7-8-19-2)13-12(18)14-10(15)5-3-4-6-11(16)17/h9H,3-8H2,1-2H3,(H,16,17)(H2,13,14,15,18). The number of ether oxygens (including phenoxy) is 1. The Labute approximate surface area is 112 Å². The number of nitrogens with one attached hydrogen (secondary N) is 2. The van der Waals surface area contributed by atoms with Crippen LogP contribution in [-0.4, -0.2) is 42.8 Å². The number of hydrogen-bond donors (Lipinski definition) is 3. The van der Waals surface area contributed by atoms with Crippen LogP contribution in [0.25, 0.3) is 0 Å². The van der Waals surface area contributed by atoms with Crippen molar-refractivity contribution in [1.29, 1.82) is 0 Å². The summed E-state index contributed by atoms with van der Waals surface area (Å²) in [5.74, 6) is -1.29. The van der Waals surface area contributed by atoms with Gasteiger partial charge in [0, 0.05) is 32.6 Å². The number of hydrogen-bond acceptors (Lipinski definition) is 4. The van der Waals surface area contributed by atoms with Crippen molar-refractivity contribution in [2.75, 3.05) is 13.7 Å². The van der Waals surface area contributed by atoms with Gasteiger partial charge in [0.25, 0.3) is 0 Å². The predicted molar refractivity (Wildman–Crippen MR) is 68.7 cm³/mol. The molecule has 1 unspecified atom stereocenters. The van der Waals surface area contributed by atoms with Crippen LogP contribution in [0.2, 0.25) is 0 Å². The second-order valence-corrected chi connectivity index (χ2v) is 4.31. The fourth-order valence-corrected chi connectivity index (χ4v) is 1.38. The van der Waals surface area contributed by atoms with E-state index in [1.807, 2.05) is 6.92 Å². The van der Waals surface area contributed by atoms with E-state index in [-0.39, 0.29) is 18.9 Å². The lowest BCUT2D eigenvalue weighted by atomic mass is 10.2. The quantitative estimate of drug-likeness (QED) is 0.541. The summed E-state index contributed by atoms with van der Waals surface area (Å²) in [6.45, 7) is 2.35. The third-order valence-corrected chi connectivity index (χ3v) is 2.43. The fourth-order valence-electron chi connectivity index (χ4n) is 1.38. The number of carboxylic acids is 1. The van der Waals surface area contributed by atoms with Crippen molar-refractivity contribution >= 4 is 17.9 Å². The lowest BCUT2D eigenvalue weighted by Crippen LogP contribution is -2.43. The fraction of sp³-hybridized carbons (Fsp3) is 0.750. The molecular formula is C12H22N2O5. The van der Waals surface area contributed by atoms with Crippen LogP contribution in [-0.2, 0) is 14.3 Å². The molecule has 0 spiro atoms. The first-order valence-corrected chi connectivity index (χ1v) is 6.26. The highest BCUT2D eigenvalue weighted by atomic mass is 16.5. The van der Waals surface area contributed by atoms with Gasteiger partial charge in [0.2, 0.25) is 5.91 Å². The van der Waals surface area contributed by atoms with Crippen LogP contribution >= 0.6 is 0 Å². The number of amides is 3. The summed E-state index contributed by atoms with van der Waals surface area (Å²) in [7, 11) is 1.58. The Morgan fingerprint density at radius 3 is 2.42 bits per heavy atom. The molecular weight excluding hydrogens is 252 g/mol. The van der Waals surface area contributed by atoms with E-state index in [2.05, 4.69) is 10.6 Å². The van der Waals surface area contributed by atoms with Crippen molar-refractivity contribution in [3.05, 3.63) is 0 Å². The van der Waals surface area contributed by atoms with Gasteiger partial charge in [-0.05, 0) is 26.2 Å². The molecule has 0 aliphatic heterocycles. The number of aliphatic carboxylic acids is 1. The van der Waals surface area contributed by atoms with Crippen molar-refractivity contribution in [2.24, 2.45) is 0 Å². The van der Waals surface area contributed by atoms with E-state index in [0.717, 1.165) is 0 Å². The highest BCUT2D eigenvalue weighted by Gasteiger charge is 2.10. The molecule has 0 rings (SSSR count). The molecule has 1 atom stereocenters. The molecule has 0 fully saturated rings. The SMILES string of the molecule is COCCC(C)NC(=O)NC(=O)CCCCC(=O)O. The van der Waals surface area contributed by atoms with Crippen LogP contribution in [0, 0.1) is 0 Å². The van der Waals surface area contributed by atoms with Crippen LogP contribution in [0.15, 0.2) is 0 Å². The summed E-state index contributed by atoms with van der Waals surface area (Å²) in [6, 6.07) is -0.619. The van der Waals surface area contributed by atoms with Crippen molar-refractivity contribution < 1.29 is 24.2 Å². The van der Waals surface area contributed by atoms with Gasteiger partial charge in [0.05, 0.1) is 0 Å². The van der Waals surface area contributed by atoms with Crippen LogP contribution in [0.4, 0.5) is 4.79 Å². The number of methoxy groups -OCH3 is 1. The molecule has 0 aromatic carbocycles. The highest BCUT2D eigenvalue weighted by Crippen LogP contribution is 1.99. The van der Waals surface area contributed by atoms with Crippen molar-refractivity contribution in [3.8, 4) is 0 Å². The van der Waals surface area contributed by atoms with Gasteiger partial charge >= 0.3 is 12.0 Å². The van der Waals surface area contributed by atoms with Gasteiger partial charge in [-0.3, -0.25) is 14.9 Å². The molecule has 0 aliphatic carbocycles. The molecule has 0 bridgehead atoms. The summed E-state index contributed by atoms with van der Waals surface area (Å²) in [5, 5.41) is 13.2. The van der Waals surface area contributed by atoms with E-state index in [0.29, 0.717) is 25.9 Å². The average Bonchev–Trinajstić information content (AvgIpc) is 2.31. The second kappa shape index (κ2) is 10.3. The van der Waals surface area contributed by atoms with Gasteiger partial charge in [-0.25, -0.2) is 4.79 Å². The second-order valence-electron chi connectivity index (χ2n) is 4.31. The lowest BCUT2D eigenvalue weighted by molar-refractivity contribution is -0.137. The molecule has 3 amide bonds. The number of imide groups is 1. The van der Waals surface area contributed by atoms with Crippen LogP contribution in [0.3, 0.4) is 0 Å². The zero-order valence-electron chi connectivity index (χ0n) is 11.4. The Morgan fingerprint density at radius 1 is 1.21 bits per heavy atom. The zero-order valence-corrected chi connectivity index (χ0v) is 11.4. The van der Waals surface area contributed by atoms with Crippen molar-refractivity contribution in [2.45, 2.75) is 45.1 Å². The van der Waals surface area contributed by atoms with E-state index in [1.54, 1.807) is 7.11 Å². The van der Waals surface area contributed by atoms with Crippen molar-refractivity contribution in [1.82, 2.24) is 10.6 Å². The number of rotatable bonds is 9. The number of carbonyl (C=O) groups is 3. The number of carboxylic acid groups (broad SMARTS) is 1. The maximum Gasteiger partial charge on any atom is 0.321 e. The maximum absolute atomic E-state index is 11.4. The summed E-state index contributed by atoms with van der Waals surface area (Å²) < 4.78 is 4.87. The zero-order chi connectivity index (χ0) is 14.7. The monoisotopic (exact) mass is 274 g/mol.